The van der Waals surface area contributed by atoms with Gasteiger partial charge in [-0.15, -0.1) is 0 Å². The van der Waals surface area contributed by atoms with Crippen LogP contribution in [-0.2, 0) is 6.54 Å². The zero-order valence-corrected chi connectivity index (χ0v) is 11.0. The first-order chi connectivity index (χ1) is 9.56. The number of hydrogen-bond donors (Lipinski definition) is 3. The number of phenolic OH excluding ortho intramolecular Hbond substituents is 1. The van der Waals surface area contributed by atoms with Crippen molar-refractivity contribution in [3.8, 4) is 5.75 Å². The zero-order valence-electron chi connectivity index (χ0n) is 11.0. The molecular weight excluding hydrogens is 259 g/mol. The summed E-state index contributed by atoms with van der Waals surface area (Å²) in [5.41, 5.74) is 1.59. The lowest BCUT2D eigenvalue weighted by Gasteiger charge is -2.10. The molecule has 0 aliphatic heterocycles. The standard InChI is InChI=1S/C15H15FN2O2/c1-10-6-7-13(14(19)8-10)18-15(20)17-9-11-4-2-3-5-12(11)16/h2-8,19H,9H2,1H3,(H2,17,18,20). The molecule has 3 N–H and O–H groups in total. The molecule has 104 valence electrons. The van der Waals surface area contributed by atoms with Crippen LogP contribution >= 0.6 is 0 Å². The summed E-state index contributed by atoms with van der Waals surface area (Å²) >= 11 is 0. The maximum absolute atomic E-state index is 13.4. The van der Waals surface area contributed by atoms with Crippen LogP contribution in [0.1, 0.15) is 11.1 Å². The first-order valence-corrected chi connectivity index (χ1v) is 6.14. The number of phenols is 1. The summed E-state index contributed by atoms with van der Waals surface area (Å²) in [4.78, 5) is 11.7. The van der Waals surface area contributed by atoms with Crippen molar-refractivity contribution in [3.05, 3.63) is 59.4 Å². The Bertz CT molecular complexity index is 629. The van der Waals surface area contributed by atoms with Crippen LogP contribution < -0.4 is 10.6 Å². The van der Waals surface area contributed by atoms with E-state index in [4.69, 9.17) is 0 Å². The van der Waals surface area contributed by atoms with Gasteiger partial charge in [0.05, 0.1) is 5.69 Å². The average molecular weight is 274 g/mol. The van der Waals surface area contributed by atoms with Crippen LogP contribution in [0.25, 0.3) is 0 Å². The first-order valence-electron chi connectivity index (χ1n) is 6.14. The van der Waals surface area contributed by atoms with Crippen LogP contribution in [0.4, 0.5) is 14.9 Å². The number of aromatic hydroxyl groups is 1. The molecule has 0 bridgehead atoms. The van der Waals surface area contributed by atoms with Crippen molar-refractivity contribution in [3.63, 3.8) is 0 Å². The molecule has 20 heavy (non-hydrogen) atoms. The molecule has 2 aromatic rings. The molecule has 0 heterocycles. The minimum Gasteiger partial charge on any atom is -0.506 e. The predicted molar refractivity (Wildman–Crippen MR) is 75.1 cm³/mol. The van der Waals surface area contributed by atoms with Crippen molar-refractivity contribution in [2.45, 2.75) is 13.5 Å². The fourth-order valence-electron chi connectivity index (χ4n) is 1.73. The second-order valence-corrected chi connectivity index (χ2v) is 4.42. The number of urea groups is 1. The van der Waals surface area contributed by atoms with Gasteiger partial charge in [-0.05, 0) is 30.7 Å². The fraction of sp³-hybridized carbons (Fsp3) is 0.133. The quantitative estimate of drug-likeness (QED) is 0.753. The van der Waals surface area contributed by atoms with Crippen LogP contribution in [0.5, 0.6) is 5.75 Å². The third-order valence-corrected chi connectivity index (χ3v) is 2.80. The number of hydrogen-bond acceptors (Lipinski definition) is 2. The number of anilines is 1. The molecular formula is C15H15FN2O2. The number of carbonyl (C=O) groups is 1. The third-order valence-electron chi connectivity index (χ3n) is 2.80. The third kappa shape index (κ3) is 3.47. The molecule has 0 atom stereocenters. The Morgan fingerprint density at radius 2 is 2.00 bits per heavy atom. The molecule has 0 spiro atoms. The Morgan fingerprint density at radius 3 is 2.70 bits per heavy atom. The Kier molecular flexibility index (Phi) is 4.20. The Labute approximate surface area is 116 Å². The average Bonchev–Trinajstić information content (AvgIpc) is 2.41. The molecule has 0 aliphatic carbocycles. The van der Waals surface area contributed by atoms with Crippen LogP contribution in [0.2, 0.25) is 0 Å². The van der Waals surface area contributed by atoms with Gasteiger partial charge in [-0.3, -0.25) is 0 Å². The van der Waals surface area contributed by atoms with Gasteiger partial charge in [-0.25, -0.2) is 9.18 Å². The molecule has 0 unspecified atom stereocenters. The first kappa shape index (κ1) is 13.9. The SMILES string of the molecule is Cc1ccc(NC(=O)NCc2ccccc2F)c(O)c1. The van der Waals surface area contributed by atoms with Crippen molar-refractivity contribution < 1.29 is 14.3 Å². The van der Waals surface area contributed by atoms with Gasteiger partial charge in [-0.1, -0.05) is 24.3 Å². The number of benzene rings is 2. The summed E-state index contributed by atoms with van der Waals surface area (Å²) in [7, 11) is 0. The molecule has 0 aromatic heterocycles. The number of rotatable bonds is 3. The minimum absolute atomic E-state index is 0.00829. The summed E-state index contributed by atoms with van der Waals surface area (Å²) in [5.74, 6) is -0.378. The van der Waals surface area contributed by atoms with E-state index < -0.39 is 6.03 Å². The van der Waals surface area contributed by atoms with Crippen molar-refractivity contribution in [1.82, 2.24) is 5.32 Å². The van der Waals surface area contributed by atoms with Gasteiger partial charge in [0.1, 0.15) is 11.6 Å². The summed E-state index contributed by atoms with van der Waals surface area (Å²) < 4.78 is 13.4. The highest BCUT2D eigenvalue weighted by Crippen LogP contribution is 2.23. The van der Waals surface area contributed by atoms with E-state index in [2.05, 4.69) is 10.6 Å². The maximum Gasteiger partial charge on any atom is 0.319 e. The van der Waals surface area contributed by atoms with Crippen molar-refractivity contribution in [2.24, 2.45) is 0 Å². The lowest BCUT2D eigenvalue weighted by atomic mass is 10.2. The van der Waals surface area contributed by atoms with Gasteiger partial charge in [0.15, 0.2) is 0 Å². The van der Waals surface area contributed by atoms with Crippen LogP contribution in [0, 0.1) is 12.7 Å². The molecule has 2 amide bonds. The highest BCUT2D eigenvalue weighted by Gasteiger charge is 2.07. The number of amides is 2. The molecule has 0 radical (unpaired) electrons. The summed E-state index contributed by atoms with van der Waals surface area (Å²) in [6.45, 7) is 1.91. The van der Waals surface area contributed by atoms with E-state index in [9.17, 15) is 14.3 Å². The minimum atomic E-state index is -0.507. The van der Waals surface area contributed by atoms with Gasteiger partial charge < -0.3 is 15.7 Å². The zero-order chi connectivity index (χ0) is 14.5. The second kappa shape index (κ2) is 6.06. The van der Waals surface area contributed by atoms with Gasteiger partial charge in [-0.2, -0.15) is 0 Å². The van der Waals surface area contributed by atoms with E-state index in [1.165, 1.54) is 6.07 Å². The Balaban J connectivity index is 1.94. The highest BCUT2D eigenvalue weighted by atomic mass is 19.1. The molecule has 0 fully saturated rings. The fourth-order valence-corrected chi connectivity index (χ4v) is 1.73. The predicted octanol–water partition coefficient (Wildman–Crippen LogP) is 3.16. The highest BCUT2D eigenvalue weighted by molar-refractivity contribution is 5.90. The molecule has 0 saturated carbocycles. The van der Waals surface area contributed by atoms with E-state index in [1.54, 1.807) is 36.4 Å². The molecule has 5 heteroatoms. The molecule has 4 nitrogen and oxygen atoms in total. The number of aryl methyl sites for hydroxylation is 1. The Morgan fingerprint density at radius 1 is 1.25 bits per heavy atom. The maximum atomic E-state index is 13.4. The van der Waals surface area contributed by atoms with Crippen molar-refractivity contribution >= 4 is 11.7 Å². The molecule has 0 aliphatic rings. The van der Waals surface area contributed by atoms with E-state index >= 15 is 0 Å². The lowest BCUT2D eigenvalue weighted by Crippen LogP contribution is -2.28. The molecule has 2 aromatic carbocycles. The van der Waals surface area contributed by atoms with Crippen molar-refractivity contribution in [1.29, 1.82) is 0 Å². The summed E-state index contributed by atoms with van der Waals surface area (Å²) in [6.07, 6.45) is 0. The summed E-state index contributed by atoms with van der Waals surface area (Å²) in [5, 5.41) is 14.7. The number of halogens is 1. The number of carbonyl (C=O) groups excluding carboxylic acids is 1. The van der Waals surface area contributed by atoms with E-state index in [1.807, 2.05) is 6.92 Å². The summed E-state index contributed by atoms with van der Waals surface area (Å²) in [6, 6.07) is 10.6. The smallest absolute Gasteiger partial charge is 0.319 e. The normalized spacial score (nSPS) is 10.1. The van der Waals surface area contributed by atoms with Gasteiger partial charge in [0.2, 0.25) is 0 Å². The molecule has 2 rings (SSSR count). The second-order valence-electron chi connectivity index (χ2n) is 4.42. The number of nitrogens with one attached hydrogen (secondary N) is 2. The van der Waals surface area contributed by atoms with E-state index in [-0.39, 0.29) is 18.1 Å². The van der Waals surface area contributed by atoms with Crippen LogP contribution in [0.15, 0.2) is 42.5 Å². The van der Waals surface area contributed by atoms with E-state index in [0.717, 1.165) is 5.56 Å². The van der Waals surface area contributed by atoms with Crippen molar-refractivity contribution in [2.75, 3.05) is 5.32 Å². The van der Waals surface area contributed by atoms with Gasteiger partial charge in [0.25, 0.3) is 0 Å². The van der Waals surface area contributed by atoms with Crippen LogP contribution in [0.3, 0.4) is 0 Å². The largest absolute Gasteiger partial charge is 0.506 e. The van der Waals surface area contributed by atoms with Crippen LogP contribution in [-0.4, -0.2) is 11.1 Å². The van der Waals surface area contributed by atoms with E-state index in [0.29, 0.717) is 11.3 Å². The Hall–Kier alpha value is -2.56. The molecule has 0 saturated heterocycles. The lowest BCUT2D eigenvalue weighted by molar-refractivity contribution is 0.251. The monoisotopic (exact) mass is 274 g/mol. The topological polar surface area (TPSA) is 61.4 Å². The van der Waals surface area contributed by atoms with Gasteiger partial charge >= 0.3 is 6.03 Å². The van der Waals surface area contributed by atoms with Gasteiger partial charge in [0, 0.05) is 12.1 Å².